The molecular weight excluding hydrogens is 389 g/mol. The second-order valence-electron chi connectivity index (χ2n) is 8.72. The zero-order chi connectivity index (χ0) is 21.7. The number of carbonyl (C=O) groups excluding carboxylic acids is 1. The maximum absolute atomic E-state index is 12.5. The van der Waals surface area contributed by atoms with Crippen LogP contribution < -0.4 is 0 Å². The van der Waals surface area contributed by atoms with Crippen LogP contribution in [0.25, 0.3) is 0 Å². The van der Waals surface area contributed by atoms with Crippen LogP contribution in [-0.2, 0) is 10.2 Å². The lowest BCUT2D eigenvalue weighted by molar-refractivity contribution is 0.0274. The molecular formula is C23H39ClNO2P. The zero-order valence-corrected chi connectivity index (χ0v) is 20.8. The highest BCUT2D eigenvalue weighted by Gasteiger charge is 2.54. The summed E-state index contributed by atoms with van der Waals surface area (Å²) < 4.78 is 5.60. The Labute approximate surface area is 179 Å². The van der Waals surface area contributed by atoms with Crippen molar-refractivity contribution in [3.05, 3.63) is 34.3 Å². The summed E-state index contributed by atoms with van der Waals surface area (Å²) >= 11 is 6.40. The van der Waals surface area contributed by atoms with Gasteiger partial charge < -0.3 is 9.64 Å². The largest absolute Gasteiger partial charge is 0.444 e. The Morgan fingerprint density at radius 2 is 1.89 bits per heavy atom. The van der Waals surface area contributed by atoms with E-state index in [1.165, 1.54) is 5.56 Å². The fraction of sp³-hybridized carbons (Fsp3) is 0.696. The lowest BCUT2D eigenvalue weighted by atomic mass is 9.74. The van der Waals surface area contributed by atoms with Gasteiger partial charge in [0.05, 0.1) is 0 Å². The molecule has 0 radical (unpaired) electrons. The molecule has 4 atom stereocenters. The molecule has 1 aliphatic carbocycles. The third-order valence-corrected chi connectivity index (χ3v) is 5.90. The molecule has 2 aliphatic rings. The van der Waals surface area contributed by atoms with Crippen LogP contribution in [0.3, 0.4) is 0 Å². The van der Waals surface area contributed by atoms with Crippen LogP contribution >= 0.6 is 20.8 Å². The highest BCUT2D eigenvalue weighted by molar-refractivity contribution is 7.15. The number of benzene rings is 1. The molecule has 160 valence electrons. The molecule has 1 amide bonds. The number of nitrogens with zero attached hydrogens (tertiary/aromatic N) is 1. The van der Waals surface area contributed by atoms with Crippen molar-refractivity contribution in [2.45, 2.75) is 72.3 Å². The van der Waals surface area contributed by atoms with E-state index < -0.39 is 5.60 Å². The number of likely N-dealkylation sites (tertiary alicyclic amines) is 1. The van der Waals surface area contributed by atoms with Crippen molar-refractivity contribution >= 4 is 26.9 Å². The number of hydrogen-bond donors (Lipinski definition) is 0. The van der Waals surface area contributed by atoms with Crippen LogP contribution in [0.15, 0.2) is 18.2 Å². The minimum absolute atomic E-state index is 0.0215. The van der Waals surface area contributed by atoms with E-state index >= 15 is 0 Å². The molecule has 2 fully saturated rings. The molecule has 1 aliphatic heterocycles. The third kappa shape index (κ3) is 5.63. The molecule has 2 unspecified atom stereocenters. The van der Waals surface area contributed by atoms with Crippen LogP contribution in [-0.4, -0.2) is 36.3 Å². The molecule has 1 heterocycles. The van der Waals surface area contributed by atoms with Gasteiger partial charge in [-0.15, -0.1) is 9.24 Å². The summed E-state index contributed by atoms with van der Waals surface area (Å²) in [5, 5.41) is 0.816. The van der Waals surface area contributed by atoms with E-state index in [0.717, 1.165) is 36.5 Å². The van der Waals surface area contributed by atoms with Crippen molar-refractivity contribution in [2.24, 2.45) is 11.8 Å². The average molecular weight is 428 g/mol. The molecule has 3 rings (SSSR count). The lowest BCUT2D eigenvalue weighted by Gasteiger charge is -2.31. The van der Waals surface area contributed by atoms with Gasteiger partial charge in [0, 0.05) is 23.5 Å². The number of amides is 1. The van der Waals surface area contributed by atoms with Crippen LogP contribution in [0.5, 0.6) is 0 Å². The topological polar surface area (TPSA) is 29.5 Å². The molecule has 1 saturated heterocycles. The van der Waals surface area contributed by atoms with Crippen molar-refractivity contribution in [3.8, 4) is 0 Å². The standard InChI is InChI=1S/C20H28ClNO2.C2H6.CH5P/c1-13-8-16-11-22(18(23)24-19(3,4)5)12-20(16,10-13)15-7-6-14(2)17(21)9-15;2*1-2/h6-7,9,13,16H,8,10-12H2,1-5H3;1-2H3;2H2,1H3/t13?,16-,20+;;/m1../s1. The van der Waals surface area contributed by atoms with Gasteiger partial charge in [-0.25, -0.2) is 4.79 Å². The predicted octanol–water partition coefficient (Wildman–Crippen LogP) is 6.70. The quantitative estimate of drug-likeness (QED) is 0.466. The molecule has 3 nitrogen and oxygen atoms in total. The van der Waals surface area contributed by atoms with Crippen molar-refractivity contribution in [3.63, 3.8) is 0 Å². The number of rotatable bonds is 1. The third-order valence-electron chi connectivity index (χ3n) is 5.49. The molecule has 0 aromatic heterocycles. The summed E-state index contributed by atoms with van der Waals surface area (Å²) in [6, 6.07) is 6.41. The summed E-state index contributed by atoms with van der Waals surface area (Å²) in [6.45, 7) is 17.5. The Hall–Kier alpha value is -0.790. The van der Waals surface area contributed by atoms with Crippen molar-refractivity contribution < 1.29 is 9.53 Å². The monoisotopic (exact) mass is 427 g/mol. The Balaban J connectivity index is 0.000000921. The number of halogens is 1. The highest BCUT2D eigenvalue weighted by Crippen LogP contribution is 2.53. The summed E-state index contributed by atoms with van der Waals surface area (Å²) in [5.41, 5.74) is 1.94. The minimum atomic E-state index is -0.456. The van der Waals surface area contributed by atoms with Gasteiger partial charge in [-0.3, -0.25) is 0 Å². The summed E-state index contributed by atoms with van der Waals surface area (Å²) in [5.74, 6) is 1.16. The second-order valence-corrected chi connectivity index (χ2v) is 9.13. The Kier molecular flexibility index (Phi) is 9.29. The normalized spacial score (nSPS) is 25.9. The molecule has 5 heteroatoms. The smallest absolute Gasteiger partial charge is 0.410 e. The van der Waals surface area contributed by atoms with Gasteiger partial charge >= 0.3 is 6.09 Å². The lowest BCUT2D eigenvalue weighted by Crippen LogP contribution is -2.38. The molecule has 1 aromatic carbocycles. The fourth-order valence-corrected chi connectivity index (χ4v) is 4.69. The van der Waals surface area contributed by atoms with Crippen LogP contribution in [0.2, 0.25) is 5.02 Å². The Morgan fingerprint density at radius 1 is 1.29 bits per heavy atom. The molecule has 0 spiro atoms. The van der Waals surface area contributed by atoms with E-state index in [1.54, 1.807) is 0 Å². The maximum Gasteiger partial charge on any atom is 0.410 e. The van der Waals surface area contributed by atoms with Gasteiger partial charge in [-0.2, -0.15) is 0 Å². The summed E-state index contributed by atoms with van der Waals surface area (Å²) in [6.07, 6.45) is 2.07. The van der Waals surface area contributed by atoms with Crippen molar-refractivity contribution in [1.82, 2.24) is 4.90 Å². The molecule has 1 aromatic rings. The Bertz CT molecular complexity index is 658. The molecule has 0 bridgehead atoms. The fourth-order valence-electron chi connectivity index (χ4n) is 4.51. The number of ether oxygens (including phenoxy) is 1. The van der Waals surface area contributed by atoms with E-state index in [4.69, 9.17) is 16.3 Å². The zero-order valence-electron chi connectivity index (χ0n) is 18.9. The van der Waals surface area contributed by atoms with Crippen LogP contribution in [0.4, 0.5) is 4.79 Å². The molecule has 1 saturated carbocycles. The molecule has 0 N–H and O–H groups in total. The number of hydrogen-bond acceptors (Lipinski definition) is 2. The van der Waals surface area contributed by atoms with E-state index in [1.807, 2.05) is 53.1 Å². The Morgan fingerprint density at radius 3 is 2.43 bits per heavy atom. The van der Waals surface area contributed by atoms with E-state index in [0.29, 0.717) is 11.8 Å². The van der Waals surface area contributed by atoms with Crippen molar-refractivity contribution in [2.75, 3.05) is 19.8 Å². The highest BCUT2D eigenvalue weighted by atomic mass is 35.5. The van der Waals surface area contributed by atoms with Gasteiger partial charge in [-0.1, -0.05) is 51.2 Å². The van der Waals surface area contributed by atoms with E-state index in [2.05, 4.69) is 34.4 Å². The first kappa shape index (κ1) is 25.2. The first-order valence-corrected chi connectivity index (χ1v) is 12.0. The average Bonchev–Trinajstić information content (AvgIpc) is 3.13. The van der Waals surface area contributed by atoms with Gasteiger partial charge in [-0.05, 0) is 69.6 Å². The summed E-state index contributed by atoms with van der Waals surface area (Å²) in [7, 11) is 2.42. The first-order chi connectivity index (χ1) is 13.1. The van der Waals surface area contributed by atoms with Gasteiger partial charge in [0.25, 0.3) is 0 Å². The van der Waals surface area contributed by atoms with E-state index in [9.17, 15) is 4.79 Å². The van der Waals surface area contributed by atoms with Gasteiger partial charge in [0.15, 0.2) is 0 Å². The summed E-state index contributed by atoms with van der Waals surface area (Å²) in [4.78, 5) is 14.4. The first-order valence-electron chi connectivity index (χ1n) is 10.4. The predicted molar refractivity (Wildman–Crippen MR) is 125 cm³/mol. The van der Waals surface area contributed by atoms with Gasteiger partial charge in [0.1, 0.15) is 5.60 Å². The van der Waals surface area contributed by atoms with Crippen molar-refractivity contribution in [1.29, 1.82) is 0 Å². The number of fused-ring (bicyclic) bond motifs is 1. The van der Waals surface area contributed by atoms with E-state index in [-0.39, 0.29) is 11.5 Å². The minimum Gasteiger partial charge on any atom is -0.444 e. The molecule has 28 heavy (non-hydrogen) atoms. The maximum atomic E-state index is 12.5. The second kappa shape index (κ2) is 10.3. The SMILES string of the molecule is CC.CP.Cc1ccc([C@@]23CC(C)C[C@@H]2CN(C(=O)OC(C)(C)C)C3)cc1Cl. The van der Waals surface area contributed by atoms with Gasteiger partial charge in [0.2, 0.25) is 0 Å². The van der Waals surface area contributed by atoms with Crippen LogP contribution in [0.1, 0.15) is 65.5 Å². The number of aryl methyl sites for hydroxylation is 1. The number of carbonyl (C=O) groups is 1. The van der Waals surface area contributed by atoms with Crippen LogP contribution in [0, 0.1) is 18.8 Å².